The van der Waals surface area contributed by atoms with Crippen LogP contribution in [0.1, 0.15) is 75.0 Å². The van der Waals surface area contributed by atoms with Crippen LogP contribution < -0.4 is 15.4 Å². The molecular formula is C47H48ClN3O9. The summed E-state index contributed by atoms with van der Waals surface area (Å²) in [7, 11) is 0. The minimum atomic E-state index is -0.837. The Morgan fingerprint density at radius 1 is 0.683 bits per heavy atom. The standard InChI is InChI=1S/C46H48ClN3O7.CO2/c1-45(2,3)56-43(53)49-42(50-44(54)57-46(4,5)6)48-37-21-18-34(19-22-37)41(52)55-39-23-20-36(40(47)29-39)28-38(51)27-32(24-30-12-8-7-9-13-30)25-31-16-17-33-14-10-11-15-35(33)26-31;2-1-3/h7-23,26,29,32H,24-25,27-28H2,1-6H3,(H2,48,49,50,53,54);/t32-;/m1./s1. The summed E-state index contributed by atoms with van der Waals surface area (Å²) in [5, 5.41) is 7.50. The predicted molar refractivity (Wildman–Crippen MR) is 228 cm³/mol. The van der Waals surface area contributed by atoms with E-state index in [1.54, 1.807) is 53.7 Å². The molecule has 13 heteroatoms. The molecule has 2 N–H and O–H groups in total. The highest BCUT2D eigenvalue weighted by molar-refractivity contribution is 6.31. The normalized spacial score (nSPS) is 11.4. The second-order valence-electron chi connectivity index (χ2n) is 15.8. The van der Waals surface area contributed by atoms with Gasteiger partial charge < -0.3 is 14.2 Å². The van der Waals surface area contributed by atoms with Crippen molar-refractivity contribution in [2.24, 2.45) is 10.9 Å². The lowest BCUT2D eigenvalue weighted by Gasteiger charge is -2.22. The molecule has 5 aromatic carbocycles. The Labute approximate surface area is 354 Å². The smallest absolute Gasteiger partial charge is 0.414 e. The molecule has 0 aliphatic rings. The molecule has 12 nitrogen and oxygen atoms in total. The molecule has 5 rings (SSSR count). The van der Waals surface area contributed by atoms with Gasteiger partial charge in [0.05, 0.1) is 11.3 Å². The van der Waals surface area contributed by atoms with Gasteiger partial charge in [0.25, 0.3) is 0 Å². The number of ether oxygens (including phenoxy) is 3. The number of halogens is 1. The third kappa shape index (κ3) is 16.0. The number of carbonyl (C=O) groups excluding carboxylic acids is 6. The second-order valence-corrected chi connectivity index (χ2v) is 16.3. The molecule has 1 atom stereocenters. The number of hydrogen-bond acceptors (Lipinski definition) is 10. The molecule has 0 heterocycles. The minimum absolute atomic E-state index is 0.0665. The Morgan fingerprint density at radius 2 is 1.25 bits per heavy atom. The van der Waals surface area contributed by atoms with Gasteiger partial charge in [0.1, 0.15) is 22.7 Å². The van der Waals surface area contributed by atoms with Gasteiger partial charge in [-0.3, -0.25) is 15.4 Å². The number of guanidine groups is 1. The minimum Gasteiger partial charge on any atom is -0.444 e. The molecule has 0 saturated heterocycles. The number of hydrogen-bond donors (Lipinski definition) is 2. The zero-order valence-corrected chi connectivity index (χ0v) is 35.1. The van der Waals surface area contributed by atoms with Crippen LogP contribution in [0.5, 0.6) is 5.75 Å². The van der Waals surface area contributed by atoms with Crippen LogP contribution in [0.4, 0.5) is 15.3 Å². The van der Waals surface area contributed by atoms with E-state index in [0.29, 0.717) is 22.7 Å². The van der Waals surface area contributed by atoms with Crippen molar-refractivity contribution in [2.45, 2.75) is 78.4 Å². The van der Waals surface area contributed by atoms with Crippen molar-refractivity contribution >= 4 is 64.1 Å². The lowest BCUT2D eigenvalue weighted by molar-refractivity contribution is -0.191. The van der Waals surface area contributed by atoms with Gasteiger partial charge in [-0.25, -0.2) is 19.4 Å². The van der Waals surface area contributed by atoms with E-state index in [9.17, 15) is 19.2 Å². The van der Waals surface area contributed by atoms with Crippen LogP contribution in [0, 0.1) is 5.92 Å². The van der Waals surface area contributed by atoms with Gasteiger partial charge in [0.15, 0.2) is 0 Å². The number of Topliss-reactive ketones (excluding diaryl/α,β-unsaturated/α-hetero) is 1. The Bertz CT molecular complexity index is 2310. The predicted octanol–water partition coefficient (Wildman–Crippen LogP) is 9.77. The molecule has 0 fully saturated rings. The molecule has 0 bridgehead atoms. The molecule has 0 spiro atoms. The largest absolute Gasteiger partial charge is 0.444 e. The number of ketones is 1. The number of amides is 2. The maximum atomic E-state index is 13.5. The first kappa shape index (κ1) is 46.1. The number of aliphatic imine (C=N–C) groups is 1. The summed E-state index contributed by atoms with van der Waals surface area (Å²) in [4.78, 5) is 72.0. The zero-order valence-electron chi connectivity index (χ0n) is 34.4. The van der Waals surface area contributed by atoms with Crippen LogP contribution in [0.25, 0.3) is 10.8 Å². The van der Waals surface area contributed by atoms with E-state index >= 15 is 0 Å². The fourth-order valence-electron chi connectivity index (χ4n) is 6.06. The van der Waals surface area contributed by atoms with Crippen LogP contribution in [0.3, 0.4) is 0 Å². The number of rotatable bonds is 11. The molecule has 0 saturated carbocycles. The van der Waals surface area contributed by atoms with Gasteiger partial charge in [-0.1, -0.05) is 90.5 Å². The first-order valence-electron chi connectivity index (χ1n) is 19.1. The van der Waals surface area contributed by atoms with Gasteiger partial charge in [-0.05, 0) is 124 Å². The highest BCUT2D eigenvalue weighted by Gasteiger charge is 2.22. The van der Waals surface area contributed by atoms with Crippen molar-refractivity contribution in [3.8, 4) is 5.75 Å². The van der Waals surface area contributed by atoms with Crippen molar-refractivity contribution in [3.05, 3.63) is 143 Å². The molecule has 0 aliphatic heterocycles. The molecule has 0 aromatic heterocycles. The molecule has 2 amide bonds. The van der Waals surface area contributed by atoms with Gasteiger partial charge in [-0.2, -0.15) is 9.59 Å². The van der Waals surface area contributed by atoms with E-state index < -0.39 is 29.4 Å². The Hall–Kier alpha value is -6.62. The van der Waals surface area contributed by atoms with E-state index in [2.05, 4.69) is 58.1 Å². The Morgan fingerprint density at radius 3 is 1.83 bits per heavy atom. The highest BCUT2D eigenvalue weighted by atomic mass is 35.5. The summed E-state index contributed by atoms with van der Waals surface area (Å²) in [6.07, 6.45) is 0.624. The number of fused-ring (bicyclic) bond motifs is 1. The lowest BCUT2D eigenvalue weighted by Crippen LogP contribution is -2.47. The summed E-state index contributed by atoms with van der Waals surface area (Å²) in [6.45, 7) is 10.2. The average Bonchev–Trinajstić information content (AvgIpc) is 3.15. The van der Waals surface area contributed by atoms with Gasteiger partial charge in [0.2, 0.25) is 5.96 Å². The number of carbonyl (C=O) groups is 4. The summed E-state index contributed by atoms with van der Waals surface area (Å²) in [5.41, 5.74) is 1.93. The van der Waals surface area contributed by atoms with Gasteiger partial charge in [-0.15, -0.1) is 0 Å². The second kappa shape index (κ2) is 21.4. The molecule has 312 valence electrons. The number of esters is 1. The molecule has 0 aliphatic carbocycles. The SMILES string of the molecule is CC(C)(C)OC(=O)NC(=Nc1ccc(C(=O)Oc2ccc(CC(=O)C[C@H](Cc3ccccc3)Cc3ccc4ccccc4c3)c(Cl)c2)cc1)NC(=O)OC(C)(C)C.O=C=O. The average molecular weight is 834 g/mol. The summed E-state index contributed by atoms with van der Waals surface area (Å²) < 4.78 is 16.2. The molecule has 60 heavy (non-hydrogen) atoms. The Balaban J connectivity index is 0.00000257. The number of benzene rings is 5. The van der Waals surface area contributed by atoms with Crippen LogP contribution in [-0.4, -0.2) is 47.3 Å². The first-order valence-corrected chi connectivity index (χ1v) is 19.5. The van der Waals surface area contributed by atoms with Crippen LogP contribution >= 0.6 is 11.6 Å². The zero-order chi connectivity index (χ0) is 43.9. The first-order chi connectivity index (χ1) is 28.4. The van der Waals surface area contributed by atoms with E-state index in [-0.39, 0.29) is 41.5 Å². The topological polar surface area (TPSA) is 167 Å². The molecule has 5 aromatic rings. The third-order valence-electron chi connectivity index (χ3n) is 8.43. The van der Waals surface area contributed by atoms with Gasteiger partial charge in [0, 0.05) is 17.9 Å². The van der Waals surface area contributed by atoms with Crippen molar-refractivity contribution in [2.75, 3.05) is 0 Å². The number of nitrogens with one attached hydrogen (secondary N) is 2. The maximum absolute atomic E-state index is 13.5. The fraction of sp³-hybridized carbons (Fsp3) is 0.277. The quantitative estimate of drug-likeness (QED) is 0.0570. The van der Waals surface area contributed by atoms with Gasteiger partial charge >= 0.3 is 24.3 Å². The number of nitrogens with zero attached hydrogens (tertiary/aromatic N) is 1. The summed E-state index contributed by atoms with van der Waals surface area (Å²) in [6, 6.07) is 35.7. The van der Waals surface area contributed by atoms with Crippen LogP contribution in [0.15, 0.2) is 120 Å². The lowest BCUT2D eigenvalue weighted by atomic mass is 9.87. The third-order valence-corrected chi connectivity index (χ3v) is 8.78. The highest BCUT2D eigenvalue weighted by Crippen LogP contribution is 2.27. The summed E-state index contributed by atoms with van der Waals surface area (Å²) in [5.74, 6) is -0.518. The van der Waals surface area contributed by atoms with E-state index in [0.717, 1.165) is 12.8 Å². The van der Waals surface area contributed by atoms with E-state index in [1.807, 2.05) is 30.3 Å². The molecule has 0 unspecified atom stereocenters. The van der Waals surface area contributed by atoms with E-state index in [1.165, 1.54) is 52.2 Å². The molecule has 0 radical (unpaired) electrons. The van der Waals surface area contributed by atoms with Crippen LogP contribution in [0.2, 0.25) is 5.02 Å². The Kier molecular flexibility index (Phi) is 16.4. The maximum Gasteiger partial charge on any atom is 0.414 e. The van der Waals surface area contributed by atoms with E-state index in [4.69, 9.17) is 35.4 Å². The molecular weight excluding hydrogens is 786 g/mol. The number of alkyl carbamates (subject to hydrolysis) is 2. The van der Waals surface area contributed by atoms with Crippen molar-refractivity contribution in [1.29, 1.82) is 0 Å². The van der Waals surface area contributed by atoms with Crippen LogP contribution in [-0.2, 0) is 43.1 Å². The van der Waals surface area contributed by atoms with Crippen molar-refractivity contribution in [1.82, 2.24) is 10.6 Å². The van der Waals surface area contributed by atoms with Crippen molar-refractivity contribution < 1.29 is 43.0 Å². The monoisotopic (exact) mass is 833 g/mol. The van der Waals surface area contributed by atoms with Crippen molar-refractivity contribution in [3.63, 3.8) is 0 Å². The fourth-order valence-corrected chi connectivity index (χ4v) is 6.30. The summed E-state index contributed by atoms with van der Waals surface area (Å²) >= 11 is 6.63.